The van der Waals surface area contributed by atoms with Crippen LogP contribution in [0.25, 0.3) is 0 Å². The first-order valence-corrected chi connectivity index (χ1v) is 19.5. The number of amides is 2. The highest BCUT2D eigenvalue weighted by Gasteiger charge is 2.51. The number of sulfonamides is 1. The number of carbonyl (C=O) groups excluding carboxylic acids is 2. The van der Waals surface area contributed by atoms with Crippen molar-refractivity contribution in [2.75, 3.05) is 17.1 Å². The fourth-order valence-corrected chi connectivity index (χ4v) is 9.91. The third kappa shape index (κ3) is 7.64. The molecule has 0 aliphatic heterocycles. The number of hydrogen-bond donors (Lipinski definition) is 1. The zero-order valence-electron chi connectivity index (χ0n) is 28.9. The lowest BCUT2D eigenvalue weighted by molar-refractivity contribution is -0.140. The van der Waals surface area contributed by atoms with Gasteiger partial charge in [-0.1, -0.05) is 79.2 Å². The fraction of sp³-hybridized carbons (Fsp3) is 0.500. The molecular formula is C40H51N3O4S. The van der Waals surface area contributed by atoms with E-state index in [1.54, 1.807) is 4.90 Å². The van der Waals surface area contributed by atoms with Crippen LogP contribution in [-0.4, -0.2) is 50.0 Å². The van der Waals surface area contributed by atoms with Gasteiger partial charge in [-0.2, -0.15) is 0 Å². The van der Waals surface area contributed by atoms with E-state index in [0.717, 1.165) is 47.1 Å². The highest BCUT2D eigenvalue weighted by atomic mass is 32.2. The van der Waals surface area contributed by atoms with Crippen LogP contribution in [0.4, 0.5) is 5.69 Å². The molecule has 0 heterocycles. The van der Waals surface area contributed by atoms with Gasteiger partial charge in [-0.3, -0.25) is 13.9 Å². The van der Waals surface area contributed by atoms with Crippen LogP contribution in [-0.2, 0) is 38.0 Å². The maximum Gasteiger partial charge on any atom is 0.244 e. The standard InChI is InChI=1S/C40H51N3O4S/c1-5-29(3)41-39(45)37(22-30-11-7-6-8-12-30)42(26-31-13-9-10-28(2)18-31)38(44)27-43(48(4,46)47)36-16-14-35(15-17-36)40-23-32-19-33(24-40)21-34(20-32)25-40/h6-18,29,32-34,37H,5,19-27H2,1-4H3,(H,41,45)/t29-,32?,33?,34?,37+,40?/m0/s1. The summed E-state index contributed by atoms with van der Waals surface area (Å²) in [6, 6.07) is 24.6. The molecule has 4 aliphatic rings. The summed E-state index contributed by atoms with van der Waals surface area (Å²) in [6.07, 6.45) is 9.96. The summed E-state index contributed by atoms with van der Waals surface area (Å²) in [7, 11) is -3.83. The molecule has 0 spiro atoms. The van der Waals surface area contributed by atoms with E-state index in [1.165, 1.54) is 48.4 Å². The summed E-state index contributed by atoms with van der Waals surface area (Å²) in [4.78, 5) is 30.0. The molecule has 7 nitrogen and oxygen atoms in total. The predicted molar refractivity (Wildman–Crippen MR) is 192 cm³/mol. The second-order valence-corrected chi connectivity index (χ2v) is 17.0. The lowest BCUT2D eigenvalue weighted by atomic mass is 9.48. The van der Waals surface area contributed by atoms with Gasteiger partial charge in [-0.15, -0.1) is 0 Å². The number of nitrogens with zero attached hydrogens (tertiary/aromatic N) is 2. The first kappa shape index (κ1) is 34.2. The predicted octanol–water partition coefficient (Wildman–Crippen LogP) is 6.78. The number of hydrogen-bond acceptors (Lipinski definition) is 4. The van der Waals surface area contributed by atoms with Gasteiger partial charge in [0.05, 0.1) is 11.9 Å². The molecule has 1 N–H and O–H groups in total. The van der Waals surface area contributed by atoms with Crippen molar-refractivity contribution in [1.82, 2.24) is 10.2 Å². The van der Waals surface area contributed by atoms with Crippen molar-refractivity contribution >= 4 is 27.5 Å². The molecule has 2 atom stereocenters. The highest BCUT2D eigenvalue weighted by Crippen LogP contribution is 2.60. The largest absolute Gasteiger partial charge is 0.352 e. The van der Waals surface area contributed by atoms with Crippen LogP contribution in [0.5, 0.6) is 0 Å². The van der Waals surface area contributed by atoms with Crippen molar-refractivity contribution in [1.29, 1.82) is 0 Å². The first-order valence-electron chi connectivity index (χ1n) is 17.7. The van der Waals surface area contributed by atoms with Crippen LogP contribution in [0.1, 0.15) is 81.0 Å². The number of rotatable bonds is 13. The van der Waals surface area contributed by atoms with Gasteiger partial charge in [0.25, 0.3) is 0 Å². The summed E-state index contributed by atoms with van der Waals surface area (Å²) in [5, 5.41) is 3.09. The molecule has 48 heavy (non-hydrogen) atoms. The number of aryl methyl sites for hydroxylation is 1. The molecule has 3 aromatic rings. The van der Waals surface area contributed by atoms with Crippen LogP contribution in [0.3, 0.4) is 0 Å². The second-order valence-electron chi connectivity index (χ2n) is 15.0. The van der Waals surface area contributed by atoms with Crippen molar-refractivity contribution in [3.05, 3.63) is 101 Å². The molecule has 256 valence electrons. The zero-order chi connectivity index (χ0) is 34.1. The van der Waals surface area contributed by atoms with E-state index in [9.17, 15) is 18.0 Å². The molecule has 0 saturated heterocycles. The second kappa shape index (κ2) is 14.1. The van der Waals surface area contributed by atoms with E-state index in [4.69, 9.17) is 0 Å². The summed E-state index contributed by atoms with van der Waals surface area (Å²) >= 11 is 0. The lowest BCUT2D eigenvalue weighted by Gasteiger charge is -2.57. The summed E-state index contributed by atoms with van der Waals surface area (Å²) in [6.45, 7) is 5.72. The third-order valence-electron chi connectivity index (χ3n) is 11.2. The molecule has 4 saturated carbocycles. The third-order valence-corrected chi connectivity index (χ3v) is 12.3. The average molecular weight is 670 g/mol. The van der Waals surface area contributed by atoms with E-state index in [0.29, 0.717) is 12.1 Å². The minimum Gasteiger partial charge on any atom is -0.352 e. The molecule has 0 unspecified atom stereocenters. The molecule has 2 amide bonds. The van der Waals surface area contributed by atoms with Crippen LogP contribution < -0.4 is 9.62 Å². The van der Waals surface area contributed by atoms with Crippen molar-refractivity contribution < 1.29 is 18.0 Å². The number of nitrogens with one attached hydrogen (secondary N) is 1. The quantitative estimate of drug-likeness (QED) is 0.217. The molecule has 3 aromatic carbocycles. The van der Waals surface area contributed by atoms with Gasteiger partial charge in [0.1, 0.15) is 12.6 Å². The van der Waals surface area contributed by atoms with E-state index >= 15 is 0 Å². The Kier molecular flexibility index (Phi) is 10.0. The van der Waals surface area contributed by atoms with Crippen LogP contribution in [0.2, 0.25) is 0 Å². The normalized spacial score (nSPS) is 24.1. The van der Waals surface area contributed by atoms with Crippen LogP contribution >= 0.6 is 0 Å². The molecule has 4 bridgehead atoms. The smallest absolute Gasteiger partial charge is 0.244 e. The Labute approximate surface area is 287 Å². The average Bonchev–Trinajstić information content (AvgIpc) is 3.04. The molecule has 4 aliphatic carbocycles. The van der Waals surface area contributed by atoms with Gasteiger partial charge in [0, 0.05) is 19.0 Å². The van der Waals surface area contributed by atoms with E-state index in [-0.39, 0.29) is 23.9 Å². The number of anilines is 1. The zero-order valence-corrected chi connectivity index (χ0v) is 29.7. The van der Waals surface area contributed by atoms with Crippen molar-refractivity contribution in [3.8, 4) is 0 Å². The maximum atomic E-state index is 14.5. The van der Waals surface area contributed by atoms with Gasteiger partial charge in [-0.05, 0) is 111 Å². The Morgan fingerprint density at radius 3 is 2.04 bits per heavy atom. The minimum atomic E-state index is -3.83. The van der Waals surface area contributed by atoms with Crippen molar-refractivity contribution in [3.63, 3.8) is 0 Å². The van der Waals surface area contributed by atoms with Gasteiger partial charge in [0.2, 0.25) is 21.8 Å². The lowest BCUT2D eigenvalue weighted by Crippen LogP contribution is -2.54. The van der Waals surface area contributed by atoms with Crippen molar-refractivity contribution in [2.24, 2.45) is 17.8 Å². The number of carbonyl (C=O) groups is 2. The molecule has 8 heteroatoms. The van der Waals surface area contributed by atoms with E-state index in [2.05, 4.69) is 17.4 Å². The van der Waals surface area contributed by atoms with E-state index in [1.807, 2.05) is 87.5 Å². The van der Waals surface area contributed by atoms with E-state index < -0.39 is 28.5 Å². The Bertz CT molecular complexity index is 1670. The first-order chi connectivity index (χ1) is 22.9. The van der Waals surface area contributed by atoms with Crippen LogP contribution in [0.15, 0.2) is 78.9 Å². The maximum absolute atomic E-state index is 14.5. The van der Waals surface area contributed by atoms with Gasteiger partial charge >= 0.3 is 0 Å². The molecular weight excluding hydrogens is 619 g/mol. The summed E-state index contributed by atoms with van der Waals surface area (Å²) < 4.78 is 27.9. The molecule has 7 rings (SSSR count). The Hall–Kier alpha value is -3.65. The van der Waals surface area contributed by atoms with Crippen LogP contribution in [0, 0.1) is 24.7 Å². The van der Waals surface area contributed by atoms with Gasteiger partial charge in [-0.25, -0.2) is 8.42 Å². The molecule has 0 aromatic heterocycles. The SMILES string of the molecule is CC[C@H](C)NC(=O)[C@@H](Cc1ccccc1)N(Cc1cccc(C)c1)C(=O)CN(c1ccc(C23CC4CC(CC(C4)C2)C3)cc1)S(C)(=O)=O. The Balaban J connectivity index is 1.31. The summed E-state index contributed by atoms with van der Waals surface area (Å²) in [5.41, 5.74) is 4.81. The Morgan fingerprint density at radius 2 is 1.48 bits per heavy atom. The fourth-order valence-electron chi connectivity index (χ4n) is 9.06. The monoisotopic (exact) mass is 669 g/mol. The van der Waals surface area contributed by atoms with Gasteiger partial charge < -0.3 is 10.2 Å². The summed E-state index contributed by atoms with van der Waals surface area (Å²) in [5.74, 6) is 1.75. The number of benzene rings is 3. The van der Waals surface area contributed by atoms with Gasteiger partial charge in [0.15, 0.2) is 0 Å². The van der Waals surface area contributed by atoms with Crippen molar-refractivity contribution in [2.45, 2.75) is 96.2 Å². The highest BCUT2D eigenvalue weighted by molar-refractivity contribution is 7.92. The Morgan fingerprint density at radius 1 is 0.875 bits per heavy atom. The minimum absolute atomic E-state index is 0.0771. The molecule has 4 fully saturated rings. The molecule has 0 radical (unpaired) electrons. The topological polar surface area (TPSA) is 86.8 Å².